The molecule has 1 aliphatic rings. The molecule has 1 heterocycles. The standard InChI is InChI=1S/C10H9ClO2S3.Na.H/c11-16(12,13)8-3-4-9(14)10(7-8)15-5-1-2-6-15;;/h1-7,14-15H;;. The molecule has 2 rings (SSSR count). The number of hydrogen-bond acceptors (Lipinski definition) is 3. The van der Waals surface area contributed by atoms with E-state index in [2.05, 4.69) is 12.6 Å². The second-order valence-corrected chi connectivity index (χ2v) is 8.12. The normalized spacial score (nSPS) is 16.0. The van der Waals surface area contributed by atoms with E-state index in [0.717, 1.165) is 9.79 Å². The van der Waals surface area contributed by atoms with Crippen LogP contribution in [0.25, 0.3) is 0 Å². The Morgan fingerprint density at radius 2 is 1.76 bits per heavy atom. The van der Waals surface area contributed by atoms with Crippen LogP contribution in [0.4, 0.5) is 0 Å². The third-order valence-corrected chi connectivity index (χ3v) is 5.94. The van der Waals surface area contributed by atoms with Crippen molar-refractivity contribution in [3.8, 4) is 0 Å². The molecule has 0 fully saturated rings. The molecule has 17 heavy (non-hydrogen) atoms. The summed E-state index contributed by atoms with van der Waals surface area (Å²) < 4.78 is 22.4. The second kappa shape index (κ2) is 6.19. The van der Waals surface area contributed by atoms with Gasteiger partial charge in [-0.2, -0.15) is 10.9 Å². The molecule has 0 aromatic heterocycles. The Labute approximate surface area is 136 Å². The Morgan fingerprint density at radius 1 is 1.18 bits per heavy atom. The van der Waals surface area contributed by atoms with Crippen molar-refractivity contribution in [1.82, 2.24) is 0 Å². The van der Waals surface area contributed by atoms with Gasteiger partial charge in [0, 0.05) is 20.5 Å². The Morgan fingerprint density at radius 3 is 2.29 bits per heavy atom. The van der Waals surface area contributed by atoms with Crippen molar-refractivity contribution in [2.45, 2.75) is 14.7 Å². The third-order valence-electron chi connectivity index (χ3n) is 2.11. The van der Waals surface area contributed by atoms with Gasteiger partial charge in [-0.1, -0.05) is 12.2 Å². The van der Waals surface area contributed by atoms with Crippen LogP contribution in [0.5, 0.6) is 0 Å². The first kappa shape index (κ1) is 15.7. The molecule has 0 atom stereocenters. The van der Waals surface area contributed by atoms with Gasteiger partial charge in [0.2, 0.25) is 0 Å². The third kappa shape index (κ3) is 3.80. The maximum absolute atomic E-state index is 11.2. The molecule has 0 unspecified atom stereocenters. The summed E-state index contributed by atoms with van der Waals surface area (Å²) in [6, 6.07) is 4.72. The summed E-state index contributed by atoms with van der Waals surface area (Å²) in [5.41, 5.74) is 0. The predicted octanol–water partition coefficient (Wildman–Crippen LogP) is 2.66. The first-order valence-electron chi connectivity index (χ1n) is 4.39. The molecule has 0 saturated heterocycles. The van der Waals surface area contributed by atoms with Gasteiger partial charge in [-0.3, -0.25) is 0 Å². The van der Waals surface area contributed by atoms with Gasteiger partial charge in [0.25, 0.3) is 9.05 Å². The van der Waals surface area contributed by atoms with Crippen molar-refractivity contribution >= 4 is 72.8 Å². The number of halogens is 1. The molecule has 0 saturated carbocycles. The monoisotopic (exact) mass is 316 g/mol. The summed E-state index contributed by atoms with van der Waals surface area (Å²) >= 11 is 4.33. The van der Waals surface area contributed by atoms with Crippen molar-refractivity contribution in [3.63, 3.8) is 0 Å². The summed E-state index contributed by atoms with van der Waals surface area (Å²) in [4.78, 5) is 1.81. The number of thiol groups is 2. The SMILES string of the molecule is O=S(=O)(Cl)c1ccc(S)c([SH]2C=CC=C2)c1.[NaH]. The minimum absolute atomic E-state index is 0. The van der Waals surface area contributed by atoms with E-state index in [-0.39, 0.29) is 34.5 Å². The van der Waals surface area contributed by atoms with Gasteiger partial charge in [0.1, 0.15) is 0 Å². The Hall–Kier alpha value is 0.640. The molecule has 0 radical (unpaired) electrons. The summed E-state index contributed by atoms with van der Waals surface area (Å²) in [5.74, 6) is 0. The van der Waals surface area contributed by atoms with Gasteiger partial charge >= 0.3 is 29.6 Å². The van der Waals surface area contributed by atoms with E-state index in [1.54, 1.807) is 12.1 Å². The molecule has 88 valence electrons. The van der Waals surface area contributed by atoms with E-state index in [1.807, 2.05) is 23.0 Å². The van der Waals surface area contributed by atoms with Crippen LogP contribution in [0.3, 0.4) is 0 Å². The molecule has 7 heteroatoms. The number of rotatable bonds is 2. The van der Waals surface area contributed by atoms with Gasteiger partial charge in [0.05, 0.1) is 4.90 Å². The molecular formula is C10H10ClNaO2S3. The van der Waals surface area contributed by atoms with Gasteiger partial charge in [-0.05, 0) is 29.0 Å². The summed E-state index contributed by atoms with van der Waals surface area (Å²) in [6.07, 6.45) is 3.89. The van der Waals surface area contributed by atoms with Crippen LogP contribution in [-0.4, -0.2) is 38.0 Å². The van der Waals surface area contributed by atoms with Crippen LogP contribution in [0.1, 0.15) is 0 Å². The molecule has 1 aromatic carbocycles. The van der Waals surface area contributed by atoms with Crippen molar-refractivity contribution < 1.29 is 8.42 Å². The van der Waals surface area contributed by atoms with E-state index >= 15 is 0 Å². The number of benzene rings is 1. The Balaban J connectivity index is 0.00000144. The molecule has 1 aliphatic heterocycles. The van der Waals surface area contributed by atoms with Crippen LogP contribution >= 0.6 is 34.2 Å². The van der Waals surface area contributed by atoms with Gasteiger partial charge in [0.15, 0.2) is 0 Å². The average Bonchev–Trinajstić information content (AvgIpc) is 2.69. The van der Waals surface area contributed by atoms with Crippen molar-refractivity contribution in [3.05, 3.63) is 41.2 Å². The fourth-order valence-corrected chi connectivity index (χ4v) is 4.32. The summed E-state index contributed by atoms with van der Waals surface area (Å²) in [6.45, 7) is 0. The van der Waals surface area contributed by atoms with E-state index in [9.17, 15) is 8.42 Å². The van der Waals surface area contributed by atoms with E-state index in [1.165, 1.54) is 6.07 Å². The molecule has 0 bridgehead atoms. The van der Waals surface area contributed by atoms with Gasteiger partial charge in [-0.25, -0.2) is 8.42 Å². The number of allylic oxidation sites excluding steroid dienone is 2. The Kier molecular flexibility index (Phi) is 5.72. The van der Waals surface area contributed by atoms with Crippen LogP contribution in [0, 0.1) is 0 Å². The maximum atomic E-state index is 11.2. The first-order chi connectivity index (χ1) is 7.48. The molecule has 0 aliphatic carbocycles. The van der Waals surface area contributed by atoms with E-state index in [4.69, 9.17) is 10.7 Å². The van der Waals surface area contributed by atoms with Crippen molar-refractivity contribution in [2.75, 3.05) is 0 Å². The molecule has 0 amide bonds. The number of hydrogen-bond donors (Lipinski definition) is 2. The zero-order chi connectivity index (χ0) is 11.8. The first-order valence-corrected chi connectivity index (χ1v) is 8.63. The van der Waals surface area contributed by atoms with Crippen LogP contribution in [-0.2, 0) is 9.05 Å². The van der Waals surface area contributed by atoms with E-state index in [0.29, 0.717) is 0 Å². The predicted molar refractivity (Wildman–Crippen MR) is 79.4 cm³/mol. The van der Waals surface area contributed by atoms with E-state index < -0.39 is 19.9 Å². The fourth-order valence-electron chi connectivity index (χ4n) is 1.36. The fraction of sp³-hybridized carbons (Fsp3) is 0. The molecule has 0 spiro atoms. The molecule has 1 aromatic rings. The quantitative estimate of drug-likeness (QED) is 0.500. The summed E-state index contributed by atoms with van der Waals surface area (Å²) in [5, 5.41) is 4.07. The second-order valence-electron chi connectivity index (χ2n) is 3.18. The summed E-state index contributed by atoms with van der Waals surface area (Å²) in [7, 11) is 1.05. The van der Waals surface area contributed by atoms with Crippen LogP contribution in [0.2, 0.25) is 0 Å². The average molecular weight is 317 g/mol. The minimum atomic E-state index is -3.67. The topological polar surface area (TPSA) is 34.1 Å². The van der Waals surface area contributed by atoms with Gasteiger partial charge < -0.3 is 0 Å². The zero-order valence-corrected chi connectivity index (χ0v) is 11.4. The molecule has 2 nitrogen and oxygen atoms in total. The van der Waals surface area contributed by atoms with Gasteiger partial charge in [-0.15, -0.1) is 12.6 Å². The van der Waals surface area contributed by atoms with Crippen LogP contribution < -0.4 is 0 Å². The zero-order valence-electron chi connectivity index (χ0n) is 8.04. The van der Waals surface area contributed by atoms with Crippen molar-refractivity contribution in [1.29, 1.82) is 0 Å². The molecule has 0 N–H and O–H groups in total. The molecular weight excluding hydrogens is 307 g/mol. The van der Waals surface area contributed by atoms with Crippen molar-refractivity contribution in [2.24, 2.45) is 0 Å². The Bertz CT molecular complexity index is 569. The van der Waals surface area contributed by atoms with Crippen LogP contribution in [0.15, 0.2) is 55.9 Å².